The molecule has 2 aliphatic rings. The Balaban J connectivity index is 0.00000192. The van der Waals surface area contributed by atoms with Gasteiger partial charge in [-0.1, -0.05) is 18.2 Å². The van der Waals surface area contributed by atoms with E-state index in [4.69, 9.17) is 4.74 Å². The van der Waals surface area contributed by atoms with E-state index >= 15 is 0 Å². The van der Waals surface area contributed by atoms with Gasteiger partial charge in [-0.15, -0.1) is 12.4 Å². The van der Waals surface area contributed by atoms with Gasteiger partial charge >= 0.3 is 0 Å². The second-order valence-electron chi connectivity index (χ2n) is 5.74. The molecule has 2 heterocycles. The third-order valence-electron chi connectivity index (χ3n) is 3.99. The first-order chi connectivity index (χ1) is 10.7. The molecule has 0 spiro atoms. The van der Waals surface area contributed by atoms with Gasteiger partial charge in [0.25, 0.3) is 0 Å². The molecule has 0 aromatic heterocycles. The van der Waals surface area contributed by atoms with Gasteiger partial charge in [0, 0.05) is 37.7 Å². The lowest BCUT2D eigenvalue weighted by Crippen LogP contribution is -2.46. The summed E-state index contributed by atoms with van der Waals surface area (Å²) in [4.78, 5) is 25.9. The number of ether oxygens (including phenoxy) is 1. The number of hydrogen-bond donors (Lipinski definition) is 2. The van der Waals surface area contributed by atoms with Gasteiger partial charge in [0.15, 0.2) is 0 Å². The second kappa shape index (κ2) is 8.29. The molecule has 2 saturated heterocycles. The Morgan fingerprint density at radius 3 is 2.83 bits per heavy atom. The first-order valence-corrected chi connectivity index (χ1v) is 7.68. The molecule has 2 amide bonds. The van der Waals surface area contributed by atoms with Crippen LogP contribution in [-0.4, -0.2) is 50.2 Å². The Labute approximate surface area is 142 Å². The SMILES string of the molecule is Cl.O=C(CC1COCCN1)NC1CC(=O)N(c2ccccc2)C1. The van der Waals surface area contributed by atoms with E-state index in [0.29, 0.717) is 32.6 Å². The van der Waals surface area contributed by atoms with Crippen LogP contribution in [0.3, 0.4) is 0 Å². The van der Waals surface area contributed by atoms with E-state index in [2.05, 4.69) is 10.6 Å². The number of carbonyl (C=O) groups is 2. The van der Waals surface area contributed by atoms with Gasteiger partial charge in [-0.25, -0.2) is 0 Å². The lowest BCUT2D eigenvalue weighted by Gasteiger charge is -2.24. The van der Waals surface area contributed by atoms with Gasteiger partial charge in [0.05, 0.1) is 19.3 Å². The summed E-state index contributed by atoms with van der Waals surface area (Å²) in [7, 11) is 0. The van der Waals surface area contributed by atoms with E-state index in [1.54, 1.807) is 4.90 Å². The Morgan fingerprint density at radius 1 is 1.35 bits per heavy atom. The Hall–Kier alpha value is -1.63. The van der Waals surface area contributed by atoms with Crippen LogP contribution in [0.1, 0.15) is 12.8 Å². The molecule has 0 bridgehead atoms. The van der Waals surface area contributed by atoms with Gasteiger partial charge in [-0.05, 0) is 12.1 Å². The zero-order valence-corrected chi connectivity index (χ0v) is 13.7. The highest BCUT2D eigenvalue weighted by atomic mass is 35.5. The molecular weight excluding hydrogens is 318 g/mol. The standard InChI is InChI=1S/C16H21N3O3.ClH/c20-15(8-13-11-22-7-6-17-13)18-12-9-16(21)19(10-12)14-4-2-1-3-5-14;/h1-5,12-13,17H,6-11H2,(H,18,20);1H. The van der Waals surface area contributed by atoms with Crippen LogP contribution >= 0.6 is 12.4 Å². The molecule has 6 nitrogen and oxygen atoms in total. The lowest BCUT2D eigenvalue weighted by atomic mass is 10.1. The fourth-order valence-corrected chi connectivity index (χ4v) is 2.92. The maximum Gasteiger partial charge on any atom is 0.229 e. The van der Waals surface area contributed by atoms with Crippen LogP contribution in [0.5, 0.6) is 0 Å². The van der Waals surface area contributed by atoms with Crippen molar-refractivity contribution in [1.29, 1.82) is 0 Å². The largest absolute Gasteiger partial charge is 0.378 e. The number of anilines is 1. The first-order valence-electron chi connectivity index (χ1n) is 7.68. The topological polar surface area (TPSA) is 70.7 Å². The van der Waals surface area contributed by atoms with E-state index in [0.717, 1.165) is 12.2 Å². The van der Waals surface area contributed by atoms with Crippen molar-refractivity contribution in [3.05, 3.63) is 30.3 Å². The zero-order valence-electron chi connectivity index (χ0n) is 12.9. The molecule has 2 N–H and O–H groups in total. The van der Waals surface area contributed by atoms with Crippen molar-refractivity contribution >= 4 is 29.9 Å². The molecule has 23 heavy (non-hydrogen) atoms. The monoisotopic (exact) mass is 339 g/mol. The summed E-state index contributed by atoms with van der Waals surface area (Å²) >= 11 is 0. The predicted octanol–water partition coefficient (Wildman–Crippen LogP) is 0.708. The van der Waals surface area contributed by atoms with Crippen LogP contribution in [0.2, 0.25) is 0 Å². The fraction of sp³-hybridized carbons (Fsp3) is 0.500. The maximum atomic E-state index is 12.1. The van der Waals surface area contributed by atoms with Crippen LogP contribution in [0.15, 0.2) is 30.3 Å². The molecular formula is C16H22ClN3O3. The highest BCUT2D eigenvalue weighted by Crippen LogP contribution is 2.21. The molecule has 2 atom stereocenters. The number of rotatable bonds is 4. The van der Waals surface area contributed by atoms with Crippen molar-refractivity contribution in [2.24, 2.45) is 0 Å². The molecule has 3 rings (SSSR count). The number of nitrogens with zero attached hydrogens (tertiary/aromatic N) is 1. The van der Waals surface area contributed by atoms with E-state index in [1.165, 1.54) is 0 Å². The Bertz CT molecular complexity index is 535. The highest BCUT2D eigenvalue weighted by Gasteiger charge is 2.31. The number of morpholine rings is 1. The number of halogens is 1. The van der Waals surface area contributed by atoms with E-state index in [-0.39, 0.29) is 36.3 Å². The van der Waals surface area contributed by atoms with E-state index < -0.39 is 0 Å². The molecule has 126 valence electrons. The van der Waals surface area contributed by atoms with Crippen molar-refractivity contribution in [2.75, 3.05) is 31.2 Å². The second-order valence-corrected chi connectivity index (χ2v) is 5.74. The Morgan fingerprint density at radius 2 is 2.13 bits per heavy atom. The van der Waals surface area contributed by atoms with Gasteiger partial charge in [-0.2, -0.15) is 0 Å². The summed E-state index contributed by atoms with van der Waals surface area (Å²) in [6.07, 6.45) is 0.741. The number of amides is 2. The summed E-state index contributed by atoms with van der Waals surface area (Å²) < 4.78 is 5.34. The van der Waals surface area contributed by atoms with Crippen LogP contribution in [0, 0.1) is 0 Å². The van der Waals surface area contributed by atoms with Crippen molar-refractivity contribution in [2.45, 2.75) is 24.9 Å². The van der Waals surface area contributed by atoms with E-state index in [1.807, 2.05) is 30.3 Å². The molecule has 2 unspecified atom stereocenters. The predicted molar refractivity (Wildman–Crippen MR) is 89.8 cm³/mol. The number of benzene rings is 1. The van der Waals surface area contributed by atoms with E-state index in [9.17, 15) is 9.59 Å². The fourth-order valence-electron chi connectivity index (χ4n) is 2.92. The first kappa shape index (κ1) is 17.7. The third kappa shape index (κ3) is 4.67. The minimum absolute atomic E-state index is 0. The zero-order chi connectivity index (χ0) is 15.4. The lowest BCUT2D eigenvalue weighted by molar-refractivity contribution is -0.122. The minimum atomic E-state index is -0.121. The summed E-state index contributed by atoms with van der Waals surface area (Å²) in [6.45, 7) is 2.57. The third-order valence-corrected chi connectivity index (χ3v) is 3.99. The molecule has 0 saturated carbocycles. The van der Waals surface area contributed by atoms with Crippen molar-refractivity contribution in [1.82, 2.24) is 10.6 Å². The summed E-state index contributed by atoms with van der Waals surface area (Å²) in [5, 5.41) is 6.21. The number of para-hydroxylation sites is 1. The number of nitrogens with one attached hydrogen (secondary N) is 2. The average molecular weight is 340 g/mol. The van der Waals surface area contributed by atoms with Crippen molar-refractivity contribution < 1.29 is 14.3 Å². The number of carbonyl (C=O) groups excluding carboxylic acids is 2. The molecule has 0 radical (unpaired) electrons. The molecule has 0 aliphatic carbocycles. The van der Waals surface area contributed by atoms with Gasteiger partial charge in [0.2, 0.25) is 11.8 Å². The van der Waals surface area contributed by atoms with Gasteiger partial charge < -0.3 is 20.3 Å². The average Bonchev–Trinajstić information content (AvgIpc) is 2.89. The van der Waals surface area contributed by atoms with Crippen LogP contribution in [0.25, 0.3) is 0 Å². The molecule has 2 fully saturated rings. The van der Waals surface area contributed by atoms with Crippen molar-refractivity contribution in [3.8, 4) is 0 Å². The molecule has 7 heteroatoms. The molecule has 1 aromatic rings. The number of hydrogen-bond acceptors (Lipinski definition) is 4. The van der Waals surface area contributed by atoms with Crippen LogP contribution in [0.4, 0.5) is 5.69 Å². The normalized spacial score (nSPS) is 24.2. The van der Waals surface area contributed by atoms with Crippen molar-refractivity contribution in [3.63, 3.8) is 0 Å². The quantitative estimate of drug-likeness (QED) is 0.847. The summed E-state index contributed by atoms with van der Waals surface area (Å²) in [5.74, 6) is 0.0198. The smallest absolute Gasteiger partial charge is 0.229 e. The molecule has 2 aliphatic heterocycles. The highest BCUT2D eigenvalue weighted by molar-refractivity contribution is 5.96. The van der Waals surface area contributed by atoms with Crippen LogP contribution in [-0.2, 0) is 14.3 Å². The minimum Gasteiger partial charge on any atom is -0.378 e. The Kier molecular flexibility index (Phi) is 6.38. The van der Waals surface area contributed by atoms with Gasteiger partial charge in [0.1, 0.15) is 0 Å². The van der Waals surface area contributed by atoms with Crippen LogP contribution < -0.4 is 15.5 Å². The maximum absolute atomic E-state index is 12.1. The molecule has 1 aromatic carbocycles. The summed E-state index contributed by atoms with van der Waals surface area (Å²) in [6, 6.07) is 9.49. The van der Waals surface area contributed by atoms with Gasteiger partial charge in [-0.3, -0.25) is 9.59 Å². The summed E-state index contributed by atoms with van der Waals surface area (Å²) in [5.41, 5.74) is 0.881.